The highest BCUT2D eigenvalue weighted by Gasteiger charge is 2.31. The molecule has 7 heteroatoms. The molecule has 4 rings (SSSR count). The maximum absolute atomic E-state index is 12.5. The number of piperidine rings is 1. The van der Waals surface area contributed by atoms with Gasteiger partial charge in [-0.1, -0.05) is 11.6 Å². The summed E-state index contributed by atoms with van der Waals surface area (Å²) < 4.78 is 0.653. The van der Waals surface area contributed by atoms with Gasteiger partial charge in [0, 0.05) is 24.9 Å². The summed E-state index contributed by atoms with van der Waals surface area (Å²) >= 11 is 7.27. The van der Waals surface area contributed by atoms with Crippen molar-refractivity contribution in [2.75, 3.05) is 13.1 Å². The van der Waals surface area contributed by atoms with Crippen molar-refractivity contribution in [3.63, 3.8) is 0 Å². The van der Waals surface area contributed by atoms with Crippen LogP contribution in [0.15, 0.2) is 12.1 Å². The highest BCUT2D eigenvalue weighted by molar-refractivity contribution is 7.17. The SMILES string of the molecule is O=C(c1ccc(Cl)s1)N1CCC[C@@H](c2n[nH]c(C3CC3)n2)C1. The van der Waals surface area contributed by atoms with E-state index in [2.05, 4.69) is 15.2 Å². The number of halogens is 1. The lowest BCUT2D eigenvalue weighted by Crippen LogP contribution is -2.39. The molecule has 1 saturated carbocycles. The minimum absolute atomic E-state index is 0.0690. The number of nitrogens with one attached hydrogen (secondary N) is 1. The first kappa shape index (κ1) is 14.2. The van der Waals surface area contributed by atoms with Crippen molar-refractivity contribution in [3.8, 4) is 0 Å². The van der Waals surface area contributed by atoms with Crippen LogP contribution in [0.2, 0.25) is 4.34 Å². The number of amides is 1. The van der Waals surface area contributed by atoms with Gasteiger partial charge in [0.05, 0.1) is 9.21 Å². The van der Waals surface area contributed by atoms with Crippen molar-refractivity contribution in [3.05, 3.63) is 33.0 Å². The van der Waals surface area contributed by atoms with Crippen LogP contribution in [0.5, 0.6) is 0 Å². The zero-order valence-corrected chi connectivity index (χ0v) is 13.7. The Bertz CT molecular complexity index is 693. The molecule has 2 aromatic heterocycles. The average molecular weight is 337 g/mol. The molecule has 1 aliphatic carbocycles. The van der Waals surface area contributed by atoms with Crippen LogP contribution in [0.3, 0.4) is 0 Å². The van der Waals surface area contributed by atoms with Crippen LogP contribution in [0.4, 0.5) is 0 Å². The maximum atomic E-state index is 12.5. The second-order valence-electron chi connectivity index (χ2n) is 6.05. The number of likely N-dealkylation sites (tertiary alicyclic amines) is 1. The van der Waals surface area contributed by atoms with Gasteiger partial charge in [0.15, 0.2) is 5.82 Å². The Labute approximate surface area is 137 Å². The first-order chi connectivity index (χ1) is 10.7. The fourth-order valence-corrected chi connectivity index (χ4v) is 3.98. The van der Waals surface area contributed by atoms with E-state index in [1.807, 2.05) is 4.90 Å². The standard InChI is InChI=1S/C15H17ClN4OS/c16-12-6-5-11(22-12)15(21)20-7-1-2-10(8-20)14-17-13(18-19-14)9-3-4-9/h5-6,9-10H,1-4,7-8H2,(H,17,18,19)/t10-/m1/s1. The maximum Gasteiger partial charge on any atom is 0.263 e. The molecule has 0 radical (unpaired) electrons. The molecular formula is C15H17ClN4OS. The second kappa shape index (κ2) is 5.66. The molecule has 0 spiro atoms. The van der Waals surface area contributed by atoms with Gasteiger partial charge in [-0.05, 0) is 37.8 Å². The zero-order valence-electron chi connectivity index (χ0n) is 12.1. The van der Waals surface area contributed by atoms with E-state index >= 15 is 0 Å². The quantitative estimate of drug-likeness (QED) is 0.934. The van der Waals surface area contributed by atoms with Gasteiger partial charge in [0.25, 0.3) is 5.91 Å². The van der Waals surface area contributed by atoms with Crippen molar-refractivity contribution < 1.29 is 4.79 Å². The number of nitrogens with zero attached hydrogens (tertiary/aromatic N) is 3. The van der Waals surface area contributed by atoms with Crippen molar-refractivity contribution in [1.29, 1.82) is 0 Å². The predicted molar refractivity (Wildman–Crippen MR) is 85.6 cm³/mol. The van der Waals surface area contributed by atoms with Crippen LogP contribution >= 0.6 is 22.9 Å². The summed E-state index contributed by atoms with van der Waals surface area (Å²) in [6.07, 6.45) is 4.45. The summed E-state index contributed by atoms with van der Waals surface area (Å²) in [4.78, 5) is 19.8. The summed E-state index contributed by atoms with van der Waals surface area (Å²) in [6.45, 7) is 1.49. The van der Waals surface area contributed by atoms with Crippen LogP contribution in [0.25, 0.3) is 0 Å². The number of rotatable bonds is 3. The van der Waals surface area contributed by atoms with Gasteiger partial charge in [0.2, 0.25) is 0 Å². The Morgan fingerprint density at radius 3 is 2.91 bits per heavy atom. The highest BCUT2D eigenvalue weighted by atomic mass is 35.5. The van der Waals surface area contributed by atoms with Crippen molar-refractivity contribution >= 4 is 28.8 Å². The first-order valence-electron chi connectivity index (χ1n) is 7.67. The summed E-state index contributed by atoms with van der Waals surface area (Å²) in [5.74, 6) is 2.76. The molecule has 1 amide bonds. The Morgan fingerprint density at radius 1 is 1.32 bits per heavy atom. The minimum atomic E-state index is 0.0690. The number of aromatic nitrogens is 3. The van der Waals surface area contributed by atoms with Gasteiger partial charge in [-0.25, -0.2) is 4.98 Å². The van der Waals surface area contributed by atoms with E-state index in [9.17, 15) is 4.79 Å². The van der Waals surface area contributed by atoms with Gasteiger partial charge in [-0.2, -0.15) is 5.10 Å². The summed E-state index contributed by atoms with van der Waals surface area (Å²) in [5.41, 5.74) is 0. The van der Waals surface area contributed by atoms with Crippen molar-refractivity contribution in [2.45, 2.75) is 37.5 Å². The Balaban J connectivity index is 1.47. The highest BCUT2D eigenvalue weighted by Crippen LogP contribution is 2.38. The van der Waals surface area contributed by atoms with Crippen molar-refractivity contribution in [1.82, 2.24) is 20.1 Å². The van der Waals surface area contributed by atoms with Gasteiger partial charge in [-0.15, -0.1) is 11.3 Å². The van der Waals surface area contributed by atoms with Crippen molar-refractivity contribution in [2.24, 2.45) is 0 Å². The lowest BCUT2D eigenvalue weighted by Gasteiger charge is -2.31. The van der Waals surface area contributed by atoms with Gasteiger partial charge in [0.1, 0.15) is 5.82 Å². The first-order valence-corrected chi connectivity index (χ1v) is 8.87. The Morgan fingerprint density at radius 2 is 2.18 bits per heavy atom. The molecule has 22 heavy (non-hydrogen) atoms. The molecule has 1 N–H and O–H groups in total. The van der Waals surface area contributed by atoms with E-state index in [1.165, 1.54) is 24.2 Å². The lowest BCUT2D eigenvalue weighted by atomic mass is 9.97. The number of carbonyl (C=O) groups excluding carboxylic acids is 1. The molecular weight excluding hydrogens is 320 g/mol. The van der Waals surface area contributed by atoms with Gasteiger partial charge >= 0.3 is 0 Å². The van der Waals surface area contributed by atoms with E-state index in [0.29, 0.717) is 21.7 Å². The van der Waals surface area contributed by atoms with E-state index in [-0.39, 0.29) is 11.8 Å². The Hall–Kier alpha value is -1.40. The van der Waals surface area contributed by atoms with Crippen LogP contribution in [-0.4, -0.2) is 39.1 Å². The third kappa shape index (κ3) is 2.77. The smallest absolute Gasteiger partial charge is 0.263 e. The third-order valence-corrected chi connectivity index (χ3v) is 5.56. The van der Waals surface area contributed by atoms with Crippen LogP contribution < -0.4 is 0 Å². The van der Waals surface area contributed by atoms with E-state index in [1.54, 1.807) is 12.1 Å². The number of aromatic amines is 1. The van der Waals surface area contributed by atoms with Gasteiger partial charge in [-0.3, -0.25) is 9.89 Å². The zero-order chi connectivity index (χ0) is 15.1. The summed E-state index contributed by atoms with van der Waals surface area (Å²) in [6, 6.07) is 3.58. The average Bonchev–Trinajstić information content (AvgIpc) is 3.10. The molecule has 0 aromatic carbocycles. The summed E-state index contributed by atoms with van der Waals surface area (Å²) in [7, 11) is 0. The molecule has 1 atom stereocenters. The minimum Gasteiger partial charge on any atom is -0.337 e. The summed E-state index contributed by atoms with van der Waals surface area (Å²) in [5, 5.41) is 7.44. The molecule has 3 heterocycles. The molecule has 1 aliphatic heterocycles. The molecule has 2 aliphatic rings. The molecule has 2 aromatic rings. The number of hydrogen-bond donors (Lipinski definition) is 1. The second-order valence-corrected chi connectivity index (χ2v) is 7.76. The molecule has 116 valence electrons. The fourth-order valence-electron chi connectivity index (χ4n) is 2.97. The fraction of sp³-hybridized carbons (Fsp3) is 0.533. The molecule has 0 bridgehead atoms. The van der Waals surface area contributed by atoms with E-state index in [0.717, 1.165) is 31.0 Å². The number of thiophene rings is 1. The number of hydrogen-bond acceptors (Lipinski definition) is 4. The van der Waals surface area contributed by atoms with Gasteiger partial charge < -0.3 is 4.90 Å². The number of carbonyl (C=O) groups is 1. The molecule has 5 nitrogen and oxygen atoms in total. The van der Waals surface area contributed by atoms with Crippen LogP contribution in [0.1, 0.15) is 58.8 Å². The topological polar surface area (TPSA) is 61.9 Å². The third-order valence-electron chi connectivity index (χ3n) is 4.34. The molecule has 2 fully saturated rings. The molecule has 1 saturated heterocycles. The monoisotopic (exact) mass is 336 g/mol. The van der Waals surface area contributed by atoms with Crippen LogP contribution in [-0.2, 0) is 0 Å². The normalized spacial score (nSPS) is 22.0. The largest absolute Gasteiger partial charge is 0.337 e. The lowest BCUT2D eigenvalue weighted by molar-refractivity contribution is 0.0709. The van der Waals surface area contributed by atoms with E-state index in [4.69, 9.17) is 11.6 Å². The van der Waals surface area contributed by atoms with Crippen LogP contribution in [0, 0.1) is 0 Å². The predicted octanol–water partition coefficient (Wildman–Crippen LogP) is 3.42. The Kier molecular flexibility index (Phi) is 3.66. The number of H-pyrrole nitrogens is 1. The molecule has 0 unspecified atom stereocenters. The van der Waals surface area contributed by atoms with E-state index < -0.39 is 0 Å².